The van der Waals surface area contributed by atoms with Crippen LogP contribution in [0.5, 0.6) is 0 Å². The third-order valence-corrected chi connectivity index (χ3v) is 3.45. The number of imide groups is 1. The maximum atomic E-state index is 11.9. The zero-order chi connectivity index (χ0) is 12.7. The molecule has 0 unspecified atom stereocenters. The van der Waals surface area contributed by atoms with Gasteiger partial charge in [-0.3, -0.25) is 9.59 Å². The van der Waals surface area contributed by atoms with E-state index in [9.17, 15) is 9.59 Å². The third kappa shape index (κ3) is 1.57. The quantitative estimate of drug-likeness (QED) is 0.759. The highest BCUT2D eigenvalue weighted by molar-refractivity contribution is 9.12. The zero-order valence-corrected chi connectivity index (χ0v) is 10.8. The number of amides is 2. The van der Waals surface area contributed by atoms with Crippen molar-refractivity contribution in [2.45, 2.75) is 0 Å². The number of carbonyl (C=O) groups is 2. The van der Waals surface area contributed by atoms with Crippen LogP contribution in [0.25, 0.3) is 10.8 Å². The summed E-state index contributed by atoms with van der Waals surface area (Å²) in [4.78, 5) is 25.0. The first kappa shape index (κ1) is 11.2. The molecular formula is C14H8BrNO2. The van der Waals surface area contributed by atoms with Gasteiger partial charge in [-0.15, -0.1) is 0 Å². The van der Waals surface area contributed by atoms with E-state index in [0.717, 1.165) is 10.8 Å². The predicted octanol–water partition coefficient (Wildman–Crippen LogP) is 2.99. The molecule has 0 N–H and O–H groups in total. The number of rotatable bonds is 1. The summed E-state index contributed by atoms with van der Waals surface area (Å²) in [6.07, 6.45) is 1.30. The van der Waals surface area contributed by atoms with Gasteiger partial charge in [0.25, 0.3) is 11.8 Å². The summed E-state index contributed by atoms with van der Waals surface area (Å²) in [5.74, 6) is -0.639. The number of halogens is 1. The number of fused-ring (bicyclic) bond motifs is 1. The Morgan fingerprint density at radius 2 is 1.67 bits per heavy atom. The lowest BCUT2D eigenvalue weighted by Gasteiger charge is -2.16. The van der Waals surface area contributed by atoms with E-state index in [2.05, 4.69) is 15.9 Å². The molecule has 4 heteroatoms. The Bertz CT molecular complexity index is 701. The zero-order valence-electron chi connectivity index (χ0n) is 9.26. The second-order valence-corrected chi connectivity index (χ2v) is 4.82. The molecule has 2 aromatic carbocycles. The van der Waals surface area contributed by atoms with Crippen LogP contribution in [0.1, 0.15) is 0 Å². The van der Waals surface area contributed by atoms with Crippen molar-refractivity contribution in [3.05, 3.63) is 53.0 Å². The van der Waals surface area contributed by atoms with Crippen molar-refractivity contribution in [1.29, 1.82) is 0 Å². The van der Waals surface area contributed by atoms with Crippen LogP contribution < -0.4 is 4.90 Å². The van der Waals surface area contributed by atoms with Crippen LogP contribution >= 0.6 is 15.9 Å². The third-order valence-electron chi connectivity index (χ3n) is 2.89. The van der Waals surface area contributed by atoms with Gasteiger partial charge in [-0.1, -0.05) is 36.4 Å². The highest BCUT2D eigenvalue weighted by Gasteiger charge is 2.31. The molecule has 2 amide bonds. The van der Waals surface area contributed by atoms with Gasteiger partial charge in [0.15, 0.2) is 0 Å². The molecule has 88 valence electrons. The Hall–Kier alpha value is -1.94. The molecule has 1 heterocycles. The molecule has 0 aliphatic carbocycles. The van der Waals surface area contributed by atoms with Crippen LogP contribution in [0.3, 0.4) is 0 Å². The number of anilines is 1. The average molecular weight is 302 g/mol. The standard InChI is InChI=1S/C14H8BrNO2/c15-11-8-13(17)16(14(11)18)12-7-3-5-9-4-1-2-6-10(9)12/h1-8H. The maximum absolute atomic E-state index is 11.9. The number of nitrogens with zero attached hydrogens (tertiary/aromatic N) is 1. The van der Waals surface area contributed by atoms with E-state index in [1.165, 1.54) is 11.0 Å². The van der Waals surface area contributed by atoms with E-state index >= 15 is 0 Å². The van der Waals surface area contributed by atoms with Crippen LogP contribution in [0.4, 0.5) is 5.69 Å². The second-order valence-electron chi connectivity index (χ2n) is 3.97. The molecule has 3 nitrogen and oxygen atoms in total. The van der Waals surface area contributed by atoms with Crippen LogP contribution in [0, 0.1) is 0 Å². The summed E-state index contributed by atoms with van der Waals surface area (Å²) in [6, 6.07) is 13.2. The molecule has 0 saturated heterocycles. The molecule has 2 aromatic rings. The second kappa shape index (κ2) is 4.07. The lowest BCUT2D eigenvalue weighted by Crippen LogP contribution is -2.30. The first-order valence-corrected chi connectivity index (χ1v) is 6.21. The van der Waals surface area contributed by atoms with Gasteiger partial charge in [-0.2, -0.15) is 0 Å². The molecule has 0 bridgehead atoms. The molecular weight excluding hydrogens is 294 g/mol. The fourth-order valence-corrected chi connectivity index (χ4v) is 2.45. The summed E-state index contributed by atoms with van der Waals surface area (Å²) in [6.45, 7) is 0. The minimum Gasteiger partial charge on any atom is -0.269 e. The van der Waals surface area contributed by atoms with Gasteiger partial charge < -0.3 is 0 Å². The van der Waals surface area contributed by atoms with Gasteiger partial charge in [0.05, 0.1) is 10.2 Å². The fraction of sp³-hybridized carbons (Fsp3) is 0. The number of hydrogen-bond acceptors (Lipinski definition) is 2. The smallest absolute Gasteiger partial charge is 0.269 e. The average Bonchev–Trinajstić information content (AvgIpc) is 2.63. The molecule has 1 aliphatic rings. The fourth-order valence-electron chi connectivity index (χ4n) is 2.07. The Kier molecular flexibility index (Phi) is 2.52. The minimum absolute atomic E-state index is 0.292. The van der Waals surface area contributed by atoms with Crippen LogP contribution in [-0.4, -0.2) is 11.8 Å². The Balaban J connectivity index is 2.22. The van der Waals surface area contributed by atoms with E-state index in [4.69, 9.17) is 0 Å². The van der Waals surface area contributed by atoms with Crippen LogP contribution in [-0.2, 0) is 9.59 Å². The monoisotopic (exact) mass is 301 g/mol. The molecule has 0 aromatic heterocycles. The van der Waals surface area contributed by atoms with Crippen LogP contribution in [0.2, 0.25) is 0 Å². The van der Waals surface area contributed by atoms with Gasteiger partial charge in [0.2, 0.25) is 0 Å². The van der Waals surface area contributed by atoms with E-state index in [0.29, 0.717) is 10.2 Å². The van der Waals surface area contributed by atoms with Gasteiger partial charge in [-0.25, -0.2) is 4.90 Å². The van der Waals surface area contributed by atoms with E-state index in [1.807, 2.05) is 36.4 Å². The van der Waals surface area contributed by atoms with Crippen molar-refractivity contribution in [2.24, 2.45) is 0 Å². The van der Waals surface area contributed by atoms with Gasteiger partial charge >= 0.3 is 0 Å². The SMILES string of the molecule is O=C1C=C(Br)C(=O)N1c1cccc2ccccc12. The highest BCUT2D eigenvalue weighted by Crippen LogP contribution is 2.31. The van der Waals surface area contributed by atoms with Gasteiger partial charge in [0, 0.05) is 11.5 Å². The molecule has 0 atom stereocenters. The molecule has 0 fully saturated rings. The van der Waals surface area contributed by atoms with Crippen molar-refractivity contribution in [3.8, 4) is 0 Å². The molecule has 0 saturated carbocycles. The lowest BCUT2D eigenvalue weighted by atomic mass is 10.1. The minimum atomic E-state index is -0.323. The van der Waals surface area contributed by atoms with E-state index in [1.54, 1.807) is 6.07 Å². The number of hydrogen-bond donors (Lipinski definition) is 0. The molecule has 18 heavy (non-hydrogen) atoms. The highest BCUT2D eigenvalue weighted by atomic mass is 79.9. The van der Waals surface area contributed by atoms with Crippen molar-refractivity contribution in [1.82, 2.24) is 0 Å². The lowest BCUT2D eigenvalue weighted by molar-refractivity contribution is -0.120. The number of carbonyl (C=O) groups excluding carboxylic acids is 2. The van der Waals surface area contributed by atoms with Crippen LogP contribution in [0.15, 0.2) is 53.0 Å². The maximum Gasteiger partial charge on any atom is 0.272 e. The summed E-state index contributed by atoms with van der Waals surface area (Å²) < 4.78 is 0.292. The predicted molar refractivity (Wildman–Crippen MR) is 73.5 cm³/mol. The molecule has 1 aliphatic heterocycles. The van der Waals surface area contributed by atoms with Gasteiger partial charge in [-0.05, 0) is 27.4 Å². The summed E-state index contributed by atoms with van der Waals surface area (Å²) >= 11 is 3.09. The first-order valence-electron chi connectivity index (χ1n) is 5.42. The van der Waals surface area contributed by atoms with Crippen molar-refractivity contribution in [2.75, 3.05) is 4.90 Å². The molecule has 0 radical (unpaired) electrons. The van der Waals surface area contributed by atoms with Crippen molar-refractivity contribution >= 4 is 44.2 Å². The van der Waals surface area contributed by atoms with E-state index in [-0.39, 0.29) is 11.8 Å². The van der Waals surface area contributed by atoms with Gasteiger partial charge in [0.1, 0.15) is 0 Å². The number of benzene rings is 2. The summed E-state index contributed by atoms with van der Waals surface area (Å²) in [5.41, 5.74) is 0.619. The Morgan fingerprint density at radius 3 is 2.39 bits per heavy atom. The largest absolute Gasteiger partial charge is 0.272 e. The molecule has 3 rings (SSSR count). The molecule has 0 spiro atoms. The van der Waals surface area contributed by atoms with Crippen molar-refractivity contribution in [3.63, 3.8) is 0 Å². The van der Waals surface area contributed by atoms with Crippen molar-refractivity contribution < 1.29 is 9.59 Å². The summed E-state index contributed by atoms with van der Waals surface area (Å²) in [5, 5.41) is 1.89. The first-order chi connectivity index (χ1) is 8.68. The van der Waals surface area contributed by atoms with E-state index < -0.39 is 0 Å². The Labute approximate surface area is 112 Å². The Morgan fingerprint density at radius 1 is 0.944 bits per heavy atom. The normalized spacial score (nSPS) is 15.4. The topological polar surface area (TPSA) is 37.4 Å². The summed E-state index contributed by atoms with van der Waals surface area (Å²) in [7, 11) is 0.